The first-order valence-corrected chi connectivity index (χ1v) is 11.2. The molecule has 1 aliphatic rings. The van der Waals surface area contributed by atoms with Gasteiger partial charge in [0.15, 0.2) is 5.16 Å². The van der Waals surface area contributed by atoms with E-state index < -0.39 is 4.92 Å². The van der Waals surface area contributed by atoms with Crippen molar-refractivity contribution in [1.29, 1.82) is 0 Å². The van der Waals surface area contributed by atoms with Crippen LogP contribution in [-0.4, -0.2) is 67.4 Å². The number of thioether (sulfide) groups is 1. The van der Waals surface area contributed by atoms with Crippen molar-refractivity contribution < 1.29 is 9.72 Å². The van der Waals surface area contributed by atoms with E-state index in [1.54, 1.807) is 17.3 Å². The first-order valence-electron chi connectivity index (χ1n) is 9.85. The van der Waals surface area contributed by atoms with Gasteiger partial charge >= 0.3 is 0 Å². The maximum absolute atomic E-state index is 12.7. The zero-order valence-corrected chi connectivity index (χ0v) is 18.8. The monoisotopic (exact) mass is 473 g/mol. The van der Waals surface area contributed by atoms with E-state index >= 15 is 0 Å². The van der Waals surface area contributed by atoms with E-state index in [1.807, 2.05) is 34.6 Å². The minimum Gasteiger partial charge on any atom is -0.353 e. The van der Waals surface area contributed by atoms with Crippen LogP contribution < -0.4 is 4.90 Å². The Morgan fingerprint density at radius 3 is 2.66 bits per heavy atom. The van der Waals surface area contributed by atoms with Gasteiger partial charge in [-0.05, 0) is 30.7 Å². The Morgan fingerprint density at radius 2 is 2.00 bits per heavy atom. The summed E-state index contributed by atoms with van der Waals surface area (Å²) in [6.45, 7) is 4.26. The molecule has 0 spiro atoms. The molecule has 1 aliphatic heterocycles. The number of benzene rings is 1. The van der Waals surface area contributed by atoms with Crippen LogP contribution in [0.1, 0.15) is 5.56 Å². The van der Waals surface area contributed by atoms with Gasteiger partial charge in [0.1, 0.15) is 18.3 Å². The SMILES string of the molecule is Cc1ccc(-n2cnnc2SCC(=O)N2CCN(c3ccc([N+](=O)[O-])cn3)CC2)cc1Cl. The summed E-state index contributed by atoms with van der Waals surface area (Å²) in [4.78, 5) is 31.0. The molecule has 0 bridgehead atoms. The Kier molecular flexibility index (Phi) is 6.56. The normalized spacial score (nSPS) is 13.9. The highest BCUT2D eigenvalue weighted by molar-refractivity contribution is 7.99. The summed E-state index contributed by atoms with van der Waals surface area (Å²) in [6, 6.07) is 8.78. The molecule has 0 atom stereocenters. The fraction of sp³-hybridized carbons (Fsp3) is 0.300. The lowest BCUT2D eigenvalue weighted by Crippen LogP contribution is -2.49. The van der Waals surface area contributed by atoms with Crippen LogP contribution in [0, 0.1) is 17.0 Å². The van der Waals surface area contributed by atoms with Gasteiger partial charge in [-0.25, -0.2) is 4.98 Å². The smallest absolute Gasteiger partial charge is 0.287 e. The molecule has 10 nitrogen and oxygen atoms in total. The highest BCUT2D eigenvalue weighted by Gasteiger charge is 2.23. The molecule has 0 aliphatic carbocycles. The number of anilines is 1. The van der Waals surface area contributed by atoms with E-state index in [2.05, 4.69) is 15.2 Å². The second kappa shape index (κ2) is 9.53. The summed E-state index contributed by atoms with van der Waals surface area (Å²) >= 11 is 7.56. The summed E-state index contributed by atoms with van der Waals surface area (Å²) in [5.74, 6) is 0.929. The number of halogens is 1. The van der Waals surface area contributed by atoms with Crippen molar-refractivity contribution in [3.63, 3.8) is 0 Å². The Hall–Kier alpha value is -3.18. The van der Waals surface area contributed by atoms with E-state index in [0.29, 0.717) is 42.2 Å². The molecular weight excluding hydrogens is 454 g/mol. The number of nitrogens with zero attached hydrogens (tertiary/aromatic N) is 7. The third kappa shape index (κ3) is 4.83. The van der Waals surface area contributed by atoms with Crippen LogP contribution in [-0.2, 0) is 4.79 Å². The summed E-state index contributed by atoms with van der Waals surface area (Å²) in [6.07, 6.45) is 2.85. The predicted molar refractivity (Wildman–Crippen MR) is 122 cm³/mol. The van der Waals surface area contributed by atoms with E-state index in [4.69, 9.17) is 11.6 Å². The topological polar surface area (TPSA) is 110 Å². The van der Waals surface area contributed by atoms with Gasteiger partial charge in [0.05, 0.1) is 16.4 Å². The summed E-state index contributed by atoms with van der Waals surface area (Å²) in [7, 11) is 0. The van der Waals surface area contributed by atoms with Gasteiger partial charge in [-0.1, -0.05) is 29.4 Å². The van der Waals surface area contributed by atoms with Crippen LogP contribution in [0.5, 0.6) is 0 Å². The van der Waals surface area contributed by atoms with E-state index in [9.17, 15) is 14.9 Å². The average Bonchev–Trinajstić information content (AvgIpc) is 3.28. The van der Waals surface area contributed by atoms with Gasteiger partial charge in [0.25, 0.3) is 5.69 Å². The number of hydrogen-bond donors (Lipinski definition) is 0. The molecule has 1 fully saturated rings. The Labute approximate surface area is 193 Å². The number of piperazine rings is 1. The van der Waals surface area contributed by atoms with Crippen molar-refractivity contribution in [3.05, 3.63) is 63.6 Å². The quantitative estimate of drug-likeness (QED) is 0.305. The fourth-order valence-corrected chi connectivity index (χ4v) is 4.31. The zero-order chi connectivity index (χ0) is 22.7. The molecule has 1 amide bonds. The number of hydrogen-bond acceptors (Lipinski definition) is 8. The highest BCUT2D eigenvalue weighted by Crippen LogP contribution is 2.24. The predicted octanol–water partition coefficient (Wildman–Crippen LogP) is 2.97. The van der Waals surface area contributed by atoms with Crippen LogP contribution >= 0.6 is 23.4 Å². The van der Waals surface area contributed by atoms with Gasteiger partial charge in [0.2, 0.25) is 5.91 Å². The molecule has 4 rings (SSSR count). The zero-order valence-electron chi connectivity index (χ0n) is 17.2. The second-order valence-corrected chi connectivity index (χ2v) is 8.55. The van der Waals surface area contributed by atoms with Crippen molar-refractivity contribution in [1.82, 2.24) is 24.6 Å². The maximum Gasteiger partial charge on any atom is 0.287 e. The fourth-order valence-electron chi connectivity index (χ4n) is 3.31. The van der Waals surface area contributed by atoms with Crippen LogP contribution in [0.3, 0.4) is 0 Å². The molecule has 0 unspecified atom stereocenters. The molecule has 166 valence electrons. The standard InChI is InChI=1S/C20H20ClN7O3S/c1-14-2-3-15(10-17(14)21)27-13-23-24-20(27)32-12-19(29)26-8-6-25(7-9-26)18-5-4-16(11-22-18)28(30)31/h2-5,10-11,13H,6-9,12H2,1H3. The van der Waals surface area contributed by atoms with Gasteiger partial charge < -0.3 is 9.80 Å². The van der Waals surface area contributed by atoms with Crippen LogP contribution in [0.15, 0.2) is 48.0 Å². The molecule has 2 aromatic heterocycles. The average molecular weight is 474 g/mol. The van der Waals surface area contributed by atoms with Gasteiger partial charge in [-0.15, -0.1) is 10.2 Å². The Balaban J connectivity index is 1.32. The molecule has 0 saturated carbocycles. The van der Waals surface area contributed by atoms with Gasteiger partial charge in [0, 0.05) is 37.3 Å². The number of aryl methyl sites for hydroxylation is 1. The number of amides is 1. The Morgan fingerprint density at radius 1 is 1.22 bits per heavy atom. The molecule has 3 aromatic rings. The molecule has 1 aromatic carbocycles. The van der Waals surface area contributed by atoms with Crippen LogP contribution in [0.25, 0.3) is 5.69 Å². The van der Waals surface area contributed by atoms with E-state index in [1.165, 1.54) is 24.0 Å². The largest absolute Gasteiger partial charge is 0.353 e. The first-order chi connectivity index (χ1) is 15.4. The molecular formula is C20H20ClN7O3S. The van der Waals surface area contributed by atoms with Gasteiger partial charge in [-0.3, -0.25) is 19.5 Å². The van der Waals surface area contributed by atoms with E-state index in [0.717, 1.165) is 11.3 Å². The van der Waals surface area contributed by atoms with Crippen molar-refractivity contribution >= 4 is 40.8 Å². The third-order valence-electron chi connectivity index (χ3n) is 5.17. The van der Waals surface area contributed by atoms with Crippen LogP contribution in [0.4, 0.5) is 11.5 Å². The van der Waals surface area contributed by atoms with Gasteiger partial charge in [-0.2, -0.15) is 0 Å². The number of carbonyl (C=O) groups is 1. The molecule has 12 heteroatoms. The lowest BCUT2D eigenvalue weighted by atomic mass is 10.2. The highest BCUT2D eigenvalue weighted by atomic mass is 35.5. The van der Waals surface area contributed by atoms with Crippen molar-refractivity contribution in [2.75, 3.05) is 36.8 Å². The minimum absolute atomic E-state index is 0.0165. The lowest BCUT2D eigenvalue weighted by molar-refractivity contribution is -0.385. The number of aromatic nitrogens is 4. The number of nitro groups is 1. The van der Waals surface area contributed by atoms with Crippen molar-refractivity contribution in [2.45, 2.75) is 12.1 Å². The van der Waals surface area contributed by atoms with E-state index in [-0.39, 0.29) is 17.3 Å². The third-order valence-corrected chi connectivity index (χ3v) is 6.51. The minimum atomic E-state index is -0.473. The summed E-state index contributed by atoms with van der Waals surface area (Å²) < 4.78 is 1.81. The molecule has 0 radical (unpaired) electrons. The van der Waals surface area contributed by atoms with Crippen molar-refractivity contribution in [3.8, 4) is 5.69 Å². The number of pyridine rings is 1. The second-order valence-electron chi connectivity index (χ2n) is 7.21. The lowest BCUT2D eigenvalue weighted by Gasteiger charge is -2.35. The molecule has 0 N–H and O–H groups in total. The molecule has 32 heavy (non-hydrogen) atoms. The first kappa shape index (κ1) is 22.0. The molecule has 3 heterocycles. The van der Waals surface area contributed by atoms with Crippen LogP contribution in [0.2, 0.25) is 5.02 Å². The summed E-state index contributed by atoms with van der Waals surface area (Å²) in [5, 5.41) is 20.1. The van der Waals surface area contributed by atoms with Crippen molar-refractivity contribution in [2.24, 2.45) is 0 Å². The number of rotatable bonds is 6. The molecule has 1 saturated heterocycles. The number of carbonyl (C=O) groups excluding carboxylic acids is 1. The maximum atomic E-state index is 12.7. The Bertz CT molecular complexity index is 1130. The summed E-state index contributed by atoms with van der Waals surface area (Å²) in [5.41, 5.74) is 1.78.